The van der Waals surface area contributed by atoms with Gasteiger partial charge in [-0.05, 0) is 48.0 Å². The Labute approximate surface area is 201 Å². The van der Waals surface area contributed by atoms with Gasteiger partial charge in [-0.25, -0.2) is 0 Å². The van der Waals surface area contributed by atoms with Crippen LogP contribution in [0.5, 0.6) is 0 Å². The third-order valence-corrected chi connectivity index (χ3v) is 5.93. The molecule has 1 aliphatic heterocycles. The summed E-state index contributed by atoms with van der Waals surface area (Å²) in [6.07, 6.45) is -4.45. The topological polar surface area (TPSA) is 78.7 Å². The molecule has 1 saturated heterocycles. The summed E-state index contributed by atoms with van der Waals surface area (Å²) in [5.41, 5.74) is 7.14. The molecule has 2 amide bonds. The molecule has 35 heavy (non-hydrogen) atoms. The Hall–Kier alpha value is -3.85. The Morgan fingerprint density at radius 1 is 0.886 bits per heavy atom. The maximum atomic E-state index is 13.2. The van der Waals surface area contributed by atoms with Crippen LogP contribution in [0, 0.1) is 0 Å². The molecule has 1 aliphatic rings. The lowest BCUT2D eigenvalue weighted by atomic mass is 10.1. The summed E-state index contributed by atoms with van der Waals surface area (Å²) in [6.45, 7) is 3.08. The molecule has 0 aromatic heterocycles. The highest BCUT2D eigenvalue weighted by Gasteiger charge is 2.30. The standard InChI is InChI=1S/C26H25F3N4O2/c27-26(28,29)20-4-3-5-21(16-20)31-23-7-2-1-6-22(23)25(35)33-14-12-32(13-15-33)17-18-8-10-19(11-9-18)24(30)34/h1-11,16,31H,12-15,17H2,(H2,30,34). The van der Waals surface area contributed by atoms with Gasteiger partial charge in [0.2, 0.25) is 5.91 Å². The summed E-state index contributed by atoms with van der Waals surface area (Å²) in [5.74, 6) is -0.642. The molecule has 1 fully saturated rings. The number of hydrogen-bond acceptors (Lipinski definition) is 4. The molecule has 0 bridgehead atoms. The highest BCUT2D eigenvalue weighted by molar-refractivity contribution is 6.00. The van der Waals surface area contributed by atoms with Crippen molar-refractivity contribution in [2.45, 2.75) is 12.7 Å². The number of nitrogens with zero attached hydrogens (tertiary/aromatic N) is 2. The first-order valence-corrected chi connectivity index (χ1v) is 11.1. The molecular formula is C26H25F3N4O2. The zero-order valence-corrected chi connectivity index (χ0v) is 18.9. The van der Waals surface area contributed by atoms with Crippen LogP contribution in [0.4, 0.5) is 24.5 Å². The van der Waals surface area contributed by atoms with Gasteiger partial charge in [0.15, 0.2) is 0 Å². The van der Waals surface area contributed by atoms with Gasteiger partial charge >= 0.3 is 6.18 Å². The molecule has 0 radical (unpaired) electrons. The number of carbonyl (C=O) groups excluding carboxylic acids is 2. The largest absolute Gasteiger partial charge is 0.416 e. The maximum Gasteiger partial charge on any atom is 0.416 e. The first-order chi connectivity index (χ1) is 16.7. The van der Waals surface area contributed by atoms with Gasteiger partial charge in [0.05, 0.1) is 16.8 Å². The minimum atomic E-state index is -4.45. The summed E-state index contributed by atoms with van der Waals surface area (Å²) in [4.78, 5) is 28.4. The third kappa shape index (κ3) is 5.99. The van der Waals surface area contributed by atoms with Crippen LogP contribution in [0.25, 0.3) is 0 Å². The van der Waals surface area contributed by atoms with Crippen molar-refractivity contribution < 1.29 is 22.8 Å². The Kier molecular flexibility index (Phi) is 7.07. The average molecular weight is 483 g/mol. The van der Waals surface area contributed by atoms with Crippen LogP contribution >= 0.6 is 0 Å². The number of alkyl halides is 3. The van der Waals surface area contributed by atoms with Crippen molar-refractivity contribution in [1.82, 2.24) is 9.80 Å². The molecule has 0 aliphatic carbocycles. The van der Waals surface area contributed by atoms with E-state index in [9.17, 15) is 22.8 Å². The average Bonchev–Trinajstić information content (AvgIpc) is 2.84. The fourth-order valence-corrected chi connectivity index (χ4v) is 4.02. The number of anilines is 2. The Bertz CT molecular complexity index is 1200. The summed E-state index contributed by atoms with van der Waals surface area (Å²) in [7, 11) is 0. The Morgan fingerprint density at radius 3 is 2.23 bits per heavy atom. The van der Waals surface area contributed by atoms with E-state index in [-0.39, 0.29) is 11.6 Å². The SMILES string of the molecule is NC(=O)c1ccc(CN2CCN(C(=O)c3ccccc3Nc3cccc(C(F)(F)F)c3)CC2)cc1. The molecule has 0 spiro atoms. The van der Waals surface area contributed by atoms with Gasteiger partial charge in [-0.15, -0.1) is 0 Å². The monoisotopic (exact) mass is 482 g/mol. The predicted octanol–water partition coefficient (Wildman–Crippen LogP) is 4.51. The zero-order chi connectivity index (χ0) is 25.0. The third-order valence-electron chi connectivity index (χ3n) is 5.93. The molecular weight excluding hydrogens is 457 g/mol. The van der Waals surface area contributed by atoms with Crippen molar-refractivity contribution in [1.29, 1.82) is 0 Å². The number of rotatable bonds is 6. The lowest BCUT2D eigenvalue weighted by Gasteiger charge is -2.35. The summed E-state index contributed by atoms with van der Waals surface area (Å²) < 4.78 is 39.2. The van der Waals surface area contributed by atoms with Crippen molar-refractivity contribution >= 4 is 23.2 Å². The molecule has 0 atom stereocenters. The van der Waals surface area contributed by atoms with E-state index in [0.29, 0.717) is 49.5 Å². The number of primary amides is 1. The van der Waals surface area contributed by atoms with Crippen molar-refractivity contribution in [3.8, 4) is 0 Å². The number of benzene rings is 3. The normalized spacial score (nSPS) is 14.5. The van der Waals surface area contributed by atoms with Gasteiger partial charge in [0.25, 0.3) is 5.91 Å². The first-order valence-electron chi connectivity index (χ1n) is 11.1. The maximum absolute atomic E-state index is 13.2. The van der Waals surface area contributed by atoms with Crippen LogP contribution in [0.1, 0.15) is 31.8 Å². The van der Waals surface area contributed by atoms with E-state index in [1.54, 1.807) is 41.3 Å². The molecule has 3 aromatic rings. The van der Waals surface area contributed by atoms with Gasteiger partial charge < -0.3 is 16.0 Å². The molecule has 182 valence electrons. The Balaban J connectivity index is 1.40. The zero-order valence-electron chi connectivity index (χ0n) is 18.9. The highest BCUT2D eigenvalue weighted by atomic mass is 19.4. The summed E-state index contributed by atoms with van der Waals surface area (Å²) in [5, 5.41) is 2.97. The molecule has 3 aromatic carbocycles. The van der Waals surface area contributed by atoms with Gasteiger partial charge in [-0.2, -0.15) is 13.2 Å². The fourth-order valence-electron chi connectivity index (χ4n) is 4.02. The molecule has 0 unspecified atom stereocenters. The van der Waals surface area contributed by atoms with Gasteiger partial charge in [0, 0.05) is 44.0 Å². The first kappa shape index (κ1) is 24.3. The van der Waals surface area contributed by atoms with Gasteiger partial charge in [-0.1, -0.05) is 30.3 Å². The molecule has 0 saturated carbocycles. The van der Waals surface area contributed by atoms with Crippen molar-refractivity contribution in [2.24, 2.45) is 5.73 Å². The van der Waals surface area contributed by atoms with Crippen molar-refractivity contribution in [3.63, 3.8) is 0 Å². The van der Waals surface area contributed by atoms with Crippen LogP contribution < -0.4 is 11.1 Å². The number of piperazine rings is 1. The lowest BCUT2D eigenvalue weighted by Crippen LogP contribution is -2.48. The van der Waals surface area contributed by atoms with E-state index in [1.807, 2.05) is 12.1 Å². The quantitative estimate of drug-likeness (QED) is 0.542. The number of carbonyl (C=O) groups is 2. The van der Waals surface area contributed by atoms with Crippen molar-refractivity contribution in [2.75, 3.05) is 31.5 Å². The molecule has 9 heteroatoms. The van der Waals surface area contributed by atoms with Crippen LogP contribution in [-0.4, -0.2) is 47.8 Å². The van der Waals surface area contributed by atoms with E-state index in [1.165, 1.54) is 12.1 Å². The van der Waals surface area contributed by atoms with Crippen LogP contribution in [0.3, 0.4) is 0 Å². The number of nitrogens with two attached hydrogens (primary N) is 1. The minimum Gasteiger partial charge on any atom is -0.366 e. The van der Waals surface area contributed by atoms with Gasteiger partial charge in [0.1, 0.15) is 0 Å². The van der Waals surface area contributed by atoms with E-state index >= 15 is 0 Å². The van der Waals surface area contributed by atoms with Crippen molar-refractivity contribution in [3.05, 3.63) is 95.1 Å². The second kappa shape index (κ2) is 10.2. The van der Waals surface area contributed by atoms with Gasteiger partial charge in [-0.3, -0.25) is 14.5 Å². The van der Waals surface area contributed by atoms with Crippen LogP contribution in [0.2, 0.25) is 0 Å². The van der Waals surface area contributed by atoms with Crippen LogP contribution in [-0.2, 0) is 12.7 Å². The number of nitrogens with one attached hydrogen (secondary N) is 1. The molecule has 3 N–H and O–H groups in total. The molecule has 4 rings (SSSR count). The molecule has 1 heterocycles. The Morgan fingerprint density at radius 2 is 1.57 bits per heavy atom. The van der Waals surface area contributed by atoms with E-state index < -0.39 is 17.6 Å². The number of para-hydroxylation sites is 1. The van der Waals surface area contributed by atoms with Crippen LogP contribution in [0.15, 0.2) is 72.8 Å². The second-order valence-corrected chi connectivity index (χ2v) is 8.38. The molecule has 6 nitrogen and oxygen atoms in total. The summed E-state index contributed by atoms with van der Waals surface area (Å²) in [6, 6.07) is 18.8. The number of hydrogen-bond donors (Lipinski definition) is 2. The van der Waals surface area contributed by atoms with E-state index in [0.717, 1.165) is 17.7 Å². The summed E-state index contributed by atoms with van der Waals surface area (Å²) >= 11 is 0. The second-order valence-electron chi connectivity index (χ2n) is 8.38. The number of halogens is 3. The highest BCUT2D eigenvalue weighted by Crippen LogP contribution is 2.32. The smallest absolute Gasteiger partial charge is 0.366 e. The fraction of sp³-hybridized carbons (Fsp3) is 0.231. The predicted molar refractivity (Wildman–Crippen MR) is 127 cm³/mol. The lowest BCUT2D eigenvalue weighted by molar-refractivity contribution is -0.137. The number of amides is 2. The minimum absolute atomic E-state index is 0.175. The van der Waals surface area contributed by atoms with E-state index in [2.05, 4.69) is 10.2 Å². The van der Waals surface area contributed by atoms with E-state index in [4.69, 9.17) is 5.73 Å².